The van der Waals surface area contributed by atoms with Crippen LogP contribution in [0.5, 0.6) is 0 Å². The first-order valence-corrected chi connectivity index (χ1v) is 9.10. The van der Waals surface area contributed by atoms with Crippen LogP contribution in [-0.4, -0.2) is 27.4 Å². The molecule has 6 nitrogen and oxygen atoms in total. The topological polar surface area (TPSA) is 73.0 Å². The van der Waals surface area contributed by atoms with Gasteiger partial charge in [-0.15, -0.1) is 0 Å². The summed E-state index contributed by atoms with van der Waals surface area (Å²) in [6, 6.07) is 1.98. The van der Waals surface area contributed by atoms with E-state index in [9.17, 15) is 4.79 Å². The first-order chi connectivity index (χ1) is 11.9. The Kier molecular flexibility index (Phi) is 4.97. The zero-order valence-corrected chi connectivity index (χ0v) is 15.6. The molecule has 2 aromatic rings. The van der Waals surface area contributed by atoms with Gasteiger partial charge in [-0.3, -0.25) is 9.48 Å². The van der Waals surface area contributed by atoms with E-state index in [2.05, 4.69) is 36.3 Å². The molecule has 1 aliphatic carbocycles. The summed E-state index contributed by atoms with van der Waals surface area (Å²) in [7, 11) is 0. The molecule has 0 saturated carbocycles. The predicted molar refractivity (Wildman–Crippen MR) is 95.4 cm³/mol. The summed E-state index contributed by atoms with van der Waals surface area (Å²) in [6.07, 6.45) is 5.46. The van der Waals surface area contributed by atoms with Gasteiger partial charge < -0.3 is 9.84 Å². The second-order valence-electron chi connectivity index (χ2n) is 8.04. The first kappa shape index (κ1) is 17.7. The molecule has 0 aliphatic heterocycles. The van der Waals surface area contributed by atoms with E-state index in [1.807, 2.05) is 17.7 Å². The van der Waals surface area contributed by atoms with Crippen molar-refractivity contribution in [2.45, 2.75) is 59.9 Å². The Bertz CT molecular complexity index is 739. The van der Waals surface area contributed by atoms with Crippen molar-refractivity contribution in [2.24, 2.45) is 11.3 Å². The molecule has 6 heteroatoms. The van der Waals surface area contributed by atoms with Gasteiger partial charge >= 0.3 is 0 Å². The molecule has 1 N–H and O–H groups in total. The number of aromatic nitrogens is 3. The predicted octanol–water partition coefficient (Wildman–Crippen LogP) is 3.15. The molecule has 2 aromatic heterocycles. The number of nitrogens with one attached hydrogen (secondary N) is 1. The molecule has 136 valence electrons. The Morgan fingerprint density at radius 1 is 1.44 bits per heavy atom. The summed E-state index contributed by atoms with van der Waals surface area (Å²) in [6.45, 7) is 10.2. The molecule has 25 heavy (non-hydrogen) atoms. The van der Waals surface area contributed by atoms with Crippen molar-refractivity contribution in [2.75, 3.05) is 6.54 Å². The molecule has 2 heterocycles. The molecule has 1 aliphatic rings. The lowest BCUT2D eigenvalue weighted by Crippen LogP contribution is -2.30. The fourth-order valence-corrected chi connectivity index (χ4v) is 3.47. The van der Waals surface area contributed by atoms with Gasteiger partial charge in [-0.2, -0.15) is 5.10 Å². The van der Waals surface area contributed by atoms with Crippen LogP contribution in [0.1, 0.15) is 61.1 Å². The monoisotopic (exact) mass is 344 g/mol. The third-order valence-corrected chi connectivity index (χ3v) is 5.24. The highest BCUT2D eigenvalue weighted by Gasteiger charge is 2.34. The highest BCUT2D eigenvalue weighted by molar-refractivity contribution is 5.93. The second-order valence-corrected chi connectivity index (χ2v) is 8.04. The SMILES string of the molecule is Cc1ccnn1CCCNC(=O)c1noc2c1CC(C(C)(C)C)CC2. The Balaban J connectivity index is 1.57. The highest BCUT2D eigenvalue weighted by atomic mass is 16.5. The van der Waals surface area contributed by atoms with Crippen molar-refractivity contribution in [3.63, 3.8) is 0 Å². The van der Waals surface area contributed by atoms with Gasteiger partial charge in [0.05, 0.1) is 0 Å². The van der Waals surface area contributed by atoms with E-state index >= 15 is 0 Å². The number of rotatable bonds is 5. The molecule has 0 bridgehead atoms. The minimum absolute atomic E-state index is 0.128. The van der Waals surface area contributed by atoms with E-state index in [-0.39, 0.29) is 11.3 Å². The van der Waals surface area contributed by atoms with Crippen molar-refractivity contribution in [1.82, 2.24) is 20.3 Å². The van der Waals surface area contributed by atoms with Crippen LogP contribution in [0.25, 0.3) is 0 Å². The van der Waals surface area contributed by atoms with Gasteiger partial charge in [-0.25, -0.2) is 0 Å². The van der Waals surface area contributed by atoms with E-state index in [0.717, 1.165) is 49.2 Å². The largest absolute Gasteiger partial charge is 0.360 e. The van der Waals surface area contributed by atoms with Gasteiger partial charge in [0.15, 0.2) is 5.69 Å². The van der Waals surface area contributed by atoms with Crippen molar-refractivity contribution in [1.29, 1.82) is 0 Å². The Morgan fingerprint density at radius 3 is 2.92 bits per heavy atom. The van der Waals surface area contributed by atoms with Gasteiger partial charge in [0.1, 0.15) is 5.76 Å². The second kappa shape index (κ2) is 7.02. The zero-order chi connectivity index (χ0) is 18.0. The number of nitrogens with zero attached hydrogens (tertiary/aromatic N) is 3. The van der Waals surface area contributed by atoms with E-state index in [1.165, 1.54) is 0 Å². The van der Waals surface area contributed by atoms with Gasteiger partial charge in [-0.1, -0.05) is 25.9 Å². The van der Waals surface area contributed by atoms with Crippen LogP contribution in [0.15, 0.2) is 16.8 Å². The third-order valence-electron chi connectivity index (χ3n) is 5.24. The summed E-state index contributed by atoms with van der Waals surface area (Å²) in [4.78, 5) is 12.5. The van der Waals surface area contributed by atoms with Crippen molar-refractivity contribution < 1.29 is 9.32 Å². The van der Waals surface area contributed by atoms with Gasteiger partial charge in [-0.05, 0) is 43.6 Å². The van der Waals surface area contributed by atoms with Crippen LogP contribution >= 0.6 is 0 Å². The Labute approximate surface area is 149 Å². The summed E-state index contributed by atoms with van der Waals surface area (Å²) < 4.78 is 7.37. The first-order valence-electron chi connectivity index (χ1n) is 9.10. The maximum atomic E-state index is 12.5. The number of fused-ring (bicyclic) bond motifs is 1. The smallest absolute Gasteiger partial charge is 0.273 e. The van der Waals surface area contributed by atoms with E-state index in [0.29, 0.717) is 18.2 Å². The van der Waals surface area contributed by atoms with Gasteiger partial charge in [0.2, 0.25) is 0 Å². The van der Waals surface area contributed by atoms with E-state index in [4.69, 9.17) is 4.52 Å². The van der Waals surface area contributed by atoms with Crippen LogP contribution in [-0.2, 0) is 19.4 Å². The van der Waals surface area contributed by atoms with Crippen LogP contribution in [0.2, 0.25) is 0 Å². The molecular weight excluding hydrogens is 316 g/mol. The van der Waals surface area contributed by atoms with Crippen LogP contribution in [0, 0.1) is 18.3 Å². The summed E-state index contributed by atoms with van der Waals surface area (Å²) in [5.41, 5.74) is 2.83. The Hall–Kier alpha value is -2.11. The van der Waals surface area contributed by atoms with Crippen LogP contribution in [0.4, 0.5) is 0 Å². The van der Waals surface area contributed by atoms with Gasteiger partial charge in [0, 0.05) is 37.0 Å². The fraction of sp³-hybridized carbons (Fsp3) is 0.632. The molecule has 0 radical (unpaired) electrons. The molecule has 0 spiro atoms. The number of aryl methyl sites for hydroxylation is 3. The fourth-order valence-electron chi connectivity index (χ4n) is 3.47. The minimum Gasteiger partial charge on any atom is -0.360 e. The average Bonchev–Trinajstić information content (AvgIpc) is 3.16. The normalized spacial score (nSPS) is 17.4. The minimum atomic E-state index is -0.128. The highest BCUT2D eigenvalue weighted by Crippen LogP contribution is 2.38. The number of hydrogen-bond donors (Lipinski definition) is 1. The maximum Gasteiger partial charge on any atom is 0.273 e. The number of hydrogen-bond acceptors (Lipinski definition) is 4. The quantitative estimate of drug-likeness (QED) is 0.846. The Morgan fingerprint density at radius 2 is 2.24 bits per heavy atom. The van der Waals surface area contributed by atoms with E-state index < -0.39 is 0 Å². The van der Waals surface area contributed by atoms with Crippen LogP contribution < -0.4 is 5.32 Å². The molecule has 3 rings (SSSR count). The third kappa shape index (κ3) is 3.94. The molecule has 1 amide bonds. The number of amides is 1. The molecule has 0 aromatic carbocycles. The zero-order valence-electron chi connectivity index (χ0n) is 15.6. The van der Waals surface area contributed by atoms with Crippen molar-refractivity contribution in [3.8, 4) is 0 Å². The lowest BCUT2D eigenvalue weighted by molar-refractivity contribution is 0.0942. The average molecular weight is 344 g/mol. The number of carbonyl (C=O) groups is 1. The molecule has 1 unspecified atom stereocenters. The molecular formula is C19H28N4O2. The van der Waals surface area contributed by atoms with Crippen LogP contribution in [0.3, 0.4) is 0 Å². The molecule has 0 saturated heterocycles. The summed E-state index contributed by atoms with van der Waals surface area (Å²) in [5, 5.41) is 11.3. The van der Waals surface area contributed by atoms with Crippen molar-refractivity contribution in [3.05, 3.63) is 35.0 Å². The van der Waals surface area contributed by atoms with E-state index in [1.54, 1.807) is 6.20 Å². The molecule has 1 atom stereocenters. The lowest BCUT2D eigenvalue weighted by atomic mass is 9.71. The molecule has 0 fully saturated rings. The van der Waals surface area contributed by atoms with Gasteiger partial charge in [0.25, 0.3) is 5.91 Å². The standard InChI is InChI=1S/C19H28N4O2/c1-13-8-10-21-23(13)11-5-9-20-18(24)17-15-12-14(19(2,3)4)6-7-16(15)25-22-17/h8,10,14H,5-7,9,11-12H2,1-4H3,(H,20,24). The number of carbonyl (C=O) groups excluding carboxylic acids is 1. The van der Waals surface area contributed by atoms with Crippen molar-refractivity contribution >= 4 is 5.91 Å². The summed E-state index contributed by atoms with van der Waals surface area (Å²) >= 11 is 0. The summed E-state index contributed by atoms with van der Waals surface area (Å²) in [5.74, 6) is 1.31. The lowest BCUT2D eigenvalue weighted by Gasteiger charge is -2.33. The maximum absolute atomic E-state index is 12.5.